The van der Waals surface area contributed by atoms with Crippen LogP contribution in [0.4, 0.5) is 0 Å². The van der Waals surface area contributed by atoms with E-state index in [4.69, 9.17) is 17.3 Å². The lowest BCUT2D eigenvalue weighted by molar-refractivity contribution is -0.121. The Kier molecular flexibility index (Phi) is 2.98. The summed E-state index contributed by atoms with van der Waals surface area (Å²) in [5, 5.41) is 1.32. The molecular weight excluding hydrogens is 268 g/mol. The molecule has 1 aliphatic rings. The maximum Gasteiger partial charge on any atom is 0.221 e. The van der Waals surface area contributed by atoms with Gasteiger partial charge in [0.05, 0.1) is 5.31 Å². The number of H-pyrrole nitrogens is 1. The smallest absolute Gasteiger partial charge is 0.221 e. The fourth-order valence-corrected chi connectivity index (χ4v) is 3.58. The minimum Gasteiger partial charge on any atom is -0.369 e. The number of rotatable bonds is 1. The Hall–Kier alpha value is -1.29. The van der Waals surface area contributed by atoms with Crippen molar-refractivity contribution in [2.24, 2.45) is 5.73 Å². The summed E-state index contributed by atoms with van der Waals surface area (Å²) in [4.78, 5) is 15.4. The fourth-order valence-electron chi connectivity index (χ4n) is 3.33. The van der Waals surface area contributed by atoms with Crippen LogP contribution in [0.3, 0.4) is 0 Å². The van der Waals surface area contributed by atoms with Crippen LogP contribution in [-0.4, -0.2) is 34.4 Å². The zero-order valence-electron chi connectivity index (χ0n) is 12.1. The Morgan fingerprint density at radius 3 is 2.75 bits per heavy atom. The number of amides is 1. The lowest BCUT2D eigenvalue weighted by Gasteiger charge is -2.30. The summed E-state index contributed by atoms with van der Waals surface area (Å²) >= 11 is 6.32. The topological polar surface area (TPSA) is 58.9 Å². The van der Waals surface area contributed by atoms with Gasteiger partial charge in [0.2, 0.25) is 5.91 Å². The number of carbonyl (C=O) groups is 1. The molecule has 2 aromatic rings. The highest BCUT2D eigenvalue weighted by molar-refractivity contribution is 6.57. The monoisotopic (exact) mass is 284 g/mol. The summed E-state index contributed by atoms with van der Waals surface area (Å²) in [7, 11) is 6.02. The van der Waals surface area contributed by atoms with Crippen LogP contribution >= 0.6 is 11.6 Å². The average Bonchev–Trinajstić information content (AvgIpc) is 2.77. The van der Waals surface area contributed by atoms with Crippen molar-refractivity contribution in [2.75, 3.05) is 0 Å². The van der Waals surface area contributed by atoms with Gasteiger partial charge >= 0.3 is 0 Å². The van der Waals surface area contributed by atoms with Crippen molar-refractivity contribution in [1.29, 1.82) is 0 Å². The number of benzene rings is 1. The van der Waals surface area contributed by atoms with Gasteiger partial charge in [0.15, 0.2) is 0 Å². The molecule has 0 saturated carbocycles. The number of aromatic amines is 1. The van der Waals surface area contributed by atoms with E-state index in [1.165, 1.54) is 5.56 Å². The van der Waals surface area contributed by atoms with Crippen molar-refractivity contribution in [3.05, 3.63) is 22.3 Å². The van der Waals surface area contributed by atoms with Crippen LogP contribution in [0.25, 0.3) is 10.9 Å². The number of fused-ring (bicyclic) bond motifs is 3. The molecule has 1 amide bonds. The number of aromatic nitrogens is 1. The number of primary amides is 1. The van der Waals surface area contributed by atoms with Gasteiger partial charge in [-0.05, 0) is 30.9 Å². The number of hydrogen-bond donors (Lipinski definition) is 2. The summed E-state index contributed by atoms with van der Waals surface area (Å²) in [6.45, 7) is 0. The largest absolute Gasteiger partial charge is 0.369 e. The number of nitrogens with two attached hydrogens (primary N) is 1. The molecule has 1 heterocycles. The molecule has 0 saturated heterocycles. The average molecular weight is 284 g/mol. The highest BCUT2D eigenvalue weighted by Crippen LogP contribution is 2.38. The molecule has 0 aliphatic heterocycles. The second-order valence-corrected chi connectivity index (χ2v) is 6.47. The molecule has 7 heteroatoms. The summed E-state index contributed by atoms with van der Waals surface area (Å²) in [6.07, 6.45) is 2.74. The molecule has 100 valence electrons. The Morgan fingerprint density at radius 2 is 2.10 bits per heavy atom. The minimum absolute atomic E-state index is 0.259. The van der Waals surface area contributed by atoms with E-state index in [-0.39, 0.29) is 5.91 Å². The summed E-state index contributed by atoms with van der Waals surface area (Å²) < 4.78 is 0. The number of carbonyl (C=O) groups excluding carboxylic acids is 1. The van der Waals surface area contributed by atoms with Gasteiger partial charge in [-0.1, -0.05) is 22.5 Å². The van der Waals surface area contributed by atoms with Crippen LogP contribution in [0.2, 0.25) is 5.02 Å². The van der Waals surface area contributed by atoms with Crippen molar-refractivity contribution in [3.63, 3.8) is 0 Å². The van der Waals surface area contributed by atoms with E-state index in [9.17, 15) is 4.79 Å². The first-order valence-electron chi connectivity index (χ1n) is 6.97. The highest BCUT2D eigenvalue weighted by Gasteiger charge is 2.39. The SMILES string of the molecule is Bc1c(Cl)cc2c3c([nH]c2c1B)C(B)(C(N)=O)CCC3. The maximum atomic E-state index is 11.9. The van der Waals surface area contributed by atoms with E-state index < -0.39 is 5.31 Å². The summed E-state index contributed by atoms with van der Waals surface area (Å²) in [6, 6.07) is 2.02. The van der Waals surface area contributed by atoms with Crippen molar-refractivity contribution in [1.82, 2.24) is 4.98 Å². The molecule has 0 spiro atoms. The Bertz CT molecular complexity index is 743. The van der Waals surface area contributed by atoms with Crippen molar-refractivity contribution in [3.8, 4) is 0 Å². The van der Waals surface area contributed by atoms with Gasteiger partial charge in [-0.2, -0.15) is 0 Å². The first kappa shape index (κ1) is 13.7. The summed E-state index contributed by atoms with van der Waals surface area (Å²) in [5.41, 5.74) is 11.2. The standard InChI is InChI=1S/C13H16B3ClN2O/c14-8-7(17)4-6-5-2-1-3-13(16,12(18)20)11(5)19-10(6)9(8)15/h4,19H,1-3,14-16H2,(H2,18,20). The van der Waals surface area contributed by atoms with Gasteiger partial charge in [-0.3, -0.25) is 4.79 Å². The van der Waals surface area contributed by atoms with Gasteiger partial charge in [0.25, 0.3) is 0 Å². The molecule has 1 aliphatic carbocycles. The molecule has 3 rings (SSSR count). The third-order valence-corrected chi connectivity index (χ3v) is 5.30. The zero-order valence-corrected chi connectivity index (χ0v) is 12.8. The predicted octanol–water partition coefficient (Wildman–Crippen LogP) is -2.01. The van der Waals surface area contributed by atoms with Gasteiger partial charge in [-0.25, -0.2) is 0 Å². The molecule has 1 aromatic heterocycles. The molecule has 0 fully saturated rings. The van der Waals surface area contributed by atoms with Crippen LogP contribution in [0.5, 0.6) is 0 Å². The van der Waals surface area contributed by atoms with Crippen molar-refractivity contribution in [2.45, 2.75) is 24.6 Å². The fraction of sp³-hybridized carbons (Fsp3) is 0.308. The lowest BCUT2D eigenvalue weighted by atomic mass is 9.59. The van der Waals surface area contributed by atoms with Gasteiger partial charge in [0, 0.05) is 21.6 Å². The van der Waals surface area contributed by atoms with Crippen LogP contribution in [0, 0.1) is 0 Å². The normalized spacial score (nSPS) is 21.9. The third kappa shape index (κ3) is 1.67. The van der Waals surface area contributed by atoms with E-state index in [0.717, 1.165) is 51.8 Å². The van der Waals surface area contributed by atoms with Crippen molar-refractivity contribution >= 4 is 62.9 Å². The second kappa shape index (κ2) is 4.35. The summed E-state index contributed by atoms with van der Waals surface area (Å²) in [5.74, 6) is -0.259. The maximum absolute atomic E-state index is 11.9. The molecule has 20 heavy (non-hydrogen) atoms. The number of nitrogens with one attached hydrogen (secondary N) is 1. The molecule has 3 N–H and O–H groups in total. The lowest BCUT2D eigenvalue weighted by Crippen LogP contribution is -2.44. The van der Waals surface area contributed by atoms with E-state index in [0.29, 0.717) is 0 Å². The highest BCUT2D eigenvalue weighted by atomic mass is 35.5. The third-order valence-electron chi connectivity index (χ3n) is 4.91. The van der Waals surface area contributed by atoms with Crippen LogP contribution < -0.4 is 16.7 Å². The number of hydrogen-bond acceptors (Lipinski definition) is 1. The number of halogens is 1. The van der Waals surface area contributed by atoms with Gasteiger partial charge < -0.3 is 10.7 Å². The molecule has 0 bridgehead atoms. The van der Waals surface area contributed by atoms with Gasteiger partial charge in [0.1, 0.15) is 23.5 Å². The molecule has 0 radical (unpaired) electrons. The Morgan fingerprint density at radius 1 is 1.40 bits per heavy atom. The first-order chi connectivity index (χ1) is 9.36. The zero-order chi connectivity index (χ0) is 14.7. The molecule has 3 nitrogen and oxygen atoms in total. The second-order valence-electron chi connectivity index (χ2n) is 6.06. The molecule has 1 unspecified atom stereocenters. The van der Waals surface area contributed by atoms with E-state index in [1.807, 2.05) is 21.8 Å². The quantitative estimate of drug-likeness (QED) is 0.584. The molecular formula is C13H16B3ClN2O. The minimum atomic E-state index is -0.598. The van der Waals surface area contributed by atoms with Crippen LogP contribution in [-0.2, 0) is 16.5 Å². The molecule has 1 aromatic carbocycles. The van der Waals surface area contributed by atoms with E-state index in [1.54, 1.807) is 0 Å². The van der Waals surface area contributed by atoms with Crippen LogP contribution in [0.1, 0.15) is 24.1 Å². The van der Waals surface area contributed by atoms with E-state index in [2.05, 4.69) is 12.8 Å². The number of aryl methyl sites for hydroxylation is 1. The predicted molar refractivity (Wildman–Crippen MR) is 92.0 cm³/mol. The Labute approximate surface area is 125 Å². The van der Waals surface area contributed by atoms with E-state index >= 15 is 0 Å². The first-order valence-corrected chi connectivity index (χ1v) is 7.34. The van der Waals surface area contributed by atoms with Crippen LogP contribution in [0.15, 0.2) is 6.07 Å². The Balaban J connectivity index is 2.38. The molecule has 1 atom stereocenters. The van der Waals surface area contributed by atoms with Gasteiger partial charge in [-0.15, -0.1) is 0 Å². The van der Waals surface area contributed by atoms with Crippen molar-refractivity contribution < 1.29 is 4.79 Å².